The summed E-state index contributed by atoms with van der Waals surface area (Å²) < 4.78 is 11.1. The first kappa shape index (κ1) is 15.4. The van der Waals surface area contributed by atoms with Crippen molar-refractivity contribution in [1.29, 1.82) is 0 Å². The van der Waals surface area contributed by atoms with Gasteiger partial charge >= 0.3 is 0 Å². The average molecular weight is 307 g/mol. The zero-order chi connectivity index (χ0) is 15.2. The molecule has 1 amide bonds. The molecule has 0 spiro atoms. The van der Waals surface area contributed by atoms with E-state index in [0.717, 1.165) is 5.56 Å². The number of aromatic nitrogens is 2. The van der Waals surface area contributed by atoms with E-state index in [1.807, 2.05) is 31.2 Å². The van der Waals surface area contributed by atoms with Crippen molar-refractivity contribution in [2.45, 2.75) is 12.1 Å². The number of thioether (sulfide) groups is 1. The number of nitrogens with zero attached hydrogens (tertiary/aromatic N) is 3. The second-order valence-corrected chi connectivity index (χ2v) is 5.31. The quantitative estimate of drug-likeness (QED) is 0.763. The van der Waals surface area contributed by atoms with E-state index >= 15 is 0 Å². The molecular formula is C14H17N3O3S. The Morgan fingerprint density at radius 3 is 2.81 bits per heavy atom. The second kappa shape index (κ2) is 7.12. The minimum absolute atomic E-state index is 0.00512. The fourth-order valence-electron chi connectivity index (χ4n) is 1.55. The molecule has 0 saturated heterocycles. The summed E-state index contributed by atoms with van der Waals surface area (Å²) in [6.07, 6.45) is 0. The highest BCUT2D eigenvalue weighted by Gasteiger charge is 2.15. The lowest BCUT2D eigenvalue weighted by molar-refractivity contribution is -0.125. The van der Waals surface area contributed by atoms with Crippen molar-refractivity contribution >= 4 is 17.7 Å². The van der Waals surface area contributed by atoms with Gasteiger partial charge in [-0.1, -0.05) is 23.9 Å². The molecule has 7 heteroatoms. The standard InChI is InChI=1S/C14H17N3O3S/c1-4-19-11-8-6-5-7-10(11)13-15-16-14(20-13)21-9-12(18)17(2)3/h5-8H,4,9H2,1-3H3. The van der Waals surface area contributed by atoms with E-state index in [1.54, 1.807) is 14.1 Å². The van der Waals surface area contributed by atoms with Crippen molar-refractivity contribution in [3.05, 3.63) is 24.3 Å². The highest BCUT2D eigenvalue weighted by molar-refractivity contribution is 7.99. The number of carbonyl (C=O) groups excluding carboxylic acids is 1. The summed E-state index contributed by atoms with van der Waals surface area (Å²) in [4.78, 5) is 13.0. The summed E-state index contributed by atoms with van der Waals surface area (Å²) in [5, 5.41) is 8.32. The van der Waals surface area contributed by atoms with Gasteiger partial charge in [-0.2, -0.15) is 0 Å². The molecule has 0 fully saturated rings. The molecule has 21 heavy (non-hydrogen) atoms. The Bertz CT molecular complexity index is 613. The highest BCUT2D eigenvalue weighted by Crippen LogP contribution is 2.30. The lowest BCUT2D eigenvalue weighted by atomic mass is 10.2. The Balaban J connectivity index is 2.11. The lowest BCUT2D eigenvalue weighted by Crippen LogP contribution is -2.23. The number of rotatable bonds is 6. The molecular weight excluding hydrogens is 290 g/mol. The van der Waals surface area contributed by atoms with Crippen molar-refractivity contribution in [2.75, 3.05) is 26.5 Å². The number of para-hydroxylation sites is 1. The van der Waals surface area contributed by atoms with E-state index in [4.69, 9.17) is 9.15 Å². The minimum atomic E-state index is -0.00512. The summed E-state index contributed by atoms with van der Waals surface area (Å²) >= 11 is 1.22. The molecule has 112 valence electrons. The van der Waals surface area contributed by atoms with Crippen LogP contribution in [0.3, 0.4) is 0 Å². The van der Waals surface area contributed by atoms with Gasteiger partial charge in [0, 0.05) is 14.1 Å². The molecule has 0 unspecified atom stereocenters. The van der Waals surface area contributed by atoms with E-state index in [-0.39, 0.29) is 11.7 Å². The summed E-state index contributed by atoms with van der Waals surface area (Å²) in [6, 6.07) is 7.48. The van der Waals surface area contributed by atoms with Gasteiger partial charge in [-0.3, -0.25) is 4.79 Å². The van der Waals surface area contributed by atoms with Crippen LogP contribution in [0.2, 0.25) is 0 Å². The van der Waals surface area contributed by atoms with Crippen LogP contribution in [0.4, 0.5) is 0 Å². The molecule has 2 aromatic rings. The maximum absolute atomic E-state index is 11.5. The molecule has 0 radical (unpaired) electrons. The van der Waals surface area contributed by atoms with Crippen molar-refractivity contribution in [2.24, 2.45) is 0 Å². The first-order valence-corrected chi connectivity index (χ1v) is 7.49. The van der Waals surface area contributed by atoms with Gasteiger partial charge in [0.2, 0.25) is 5.91 Å². The molecule has 0 aliphatic heterocycles. The number of ether oxygens (including phenoxy) is 1. The van der Waals surface area contributed by atoms with Crippen LogP contribution in [-0.4, -0.2) is 47.5 Å². The summed E-state index contributed by atoms with van der Waals surface area (Å²) in [5.74, 6) is 1.35. The van der Waals surface area contributed by atoms with Crippen molar-refractivity contribution in [3.63, 3.8) is 0 Å². The van der Waals surface area contributed by atoms with E-state index in [9.17, 15) is 4.79 Å². The molecule has 1 aromatic carbocycles. The van der Waals surface area contributed by atoms with Crippen molar-refractivity contribution in [1.82, 2.24) is 15.1 Å². The Labute approximate surface area is 127 Å². The number of carbonyl (C=O) groups is 1. The Morgan fingerprint density at radius 1 is 1.33 bits per heavy atom. The minimum Gasteiger partial charge on any atom is -0.493 e. The highest BCUT2D eigenvalue weighted by atomic mass is 32.2. The normalized spacial score (nSPS) is 10.4. The Hall–Kier alpha value is -2.02. The predicted molar refractivity (Wildman–Crippen MR) is 80.3 cm³/mol. The largest absolute Gasteiger partial charge is 0.493 e. The van der Waals surface area contributed by atoms with Gasteiger partial charge in [0.1, 0.15) is 5.75 Å². The first-order valence-electron chi connectivity index (χ1n) is 6.50. The van der Waals surface area contributed by atoms with Crippen molar-refractivity contribution < 1.29 is 13.9 Å². The van der Waals surface area contributed by atoms with Crippen LogP contribution in [0, 0.1) is 0 Å². The summed E-state index contributed by atoms with van der Waals surface area (Å²) in [6.45, 7) is 2.48. The third-order valence-electron chi connectivity index (χ3n) is 2.64. The van der Waals surface area contributed by atoms with E-state index in [0.29, 0.717) is 23.5 Å². The molecule has 0 N–H and O–H groups in total. The van der Waals surface area contributed by atoms with Gasteiger partial charge in [-0.15, -0.1) is 10.2 Å². The molecule has 6 nitrogen and oxygen atoms in total. The van der Waals surface area contributed by atoms with Crippen LogP contribution in [0.5, 0.6) is 5.75 Å². The fourth-order valence-corrected chi connectivity index (χ4v) is 2.30. The van der Waals surface area contributed by atoms with Crippen LogP contribution in [0.15, 0.2) is 33.9 Å². The van der Waals surface area contributed by atoms with Crippen LogP contribution in [0.25, 0.3) is 11.5 Å². The smallest absolute Gasteiger partial charge is 0.277 e. The van der Waals surface area contributed by atoms with E-state index in [2.05, 4.69) is 10.2 Å². The van der Waals surface area contributed by atoms with Crippen molar-refractivity contribution in [3.8, 4) is 17.2 Å². The van der Waals surface area contributed by atoms with Crippen LogP contribution < -0.4 is 4.74 Å². The SMILES string of the molecule is CCOc1ccccc1-c1nnc(SCC(=O)N(C)C)o1. The molecule has 2 rings (SSSR count). The number of benzene rings is 1. The monoisotopic (exact) mass is 307 g/mol. The van der Waals surface area contributed by atoms with Gasteiger partial charge in [0.05, 0.1) is 17.9 Å². The van der Waals surface area contributed by atoms with Gasteiger partial charge < -0.3 is 14.1 Å². The van der Waals surface area contributed by atoms with E-state index in [1.165, 1.54) is 16.7 Å². The van der Waals surface area contributed by atoms with Crippen LogP contribution in [-0.2, 0) is 4.79 Å². The molecule has 0 saturated carbocycles. The second-order valence-electron chi connectivity index (χ2n) is 4.38. The molecule has 0 bridgehead atoms. The first-order chi connectivity index (χ1) is 10.1. The Kier molecular flexibility index (Phi) is 5.21. The van der Waals surface area contributed by atoms with Gasteiger partial charge in [0.15, 0.2) is 0 Å². The number of hydrogen-bond acceptors (Lipinski definition) is 6. The molecule has 0 atom stereocenters. The van der Waals surface area contributed by atoms with Crippen LogP contribution in [0.1, 0.15) is 6.92 Å². The van der Waals surface area contributed by atoms with Crippen LogP contribution >= 0.6 is 11.8 Å². The fraction of sp³-hybridized carbons (Fsp3) is 0.357. The summed E-state index contributed by atoms with van der Waals surface area (Å²) in [7, 11) is 3.42. The summed E-state index contributed by atoms with van der Waals surface area (Å²) in [5.41, 5.74) is 0.748. The third-order valence-corrected chi connectivity index (χ3v) is 3.44. The number of amides is 1. The average Bonchev–Trinajstić information content (AvgIpc) is 2.94. The molecule has 1 aromatic heterocycles. The van der Waals surface area contributed by atoms with E-state index < -0.39 is 0 Å². The van der Waals surface area contributed by atoms with Gasteiger partial charge in [-0.05, 0) is 19.1 Å². The molecule has 1 heterocycles. The lowest BCUT2D eigenvalue weighted by Gasteiger charge is -2.07. The maximum atomic E-state index is 11.5. The van der Waals surface area contributed by atoms with Gasteiger partial charge in [-0.25, -0.2) is 0 Å². The molecule has 0 aliphatic rings. The maximum Gasteiger partial charge on any atom is 0.277 e. The Morgan fingerprint density at radius 2 is 2.10 bits per heavy atom. The predicted octanol–water partition coefficient (Wildman–Crippen LogP) is 2.32. The third kappa shape index (κ3) is 3.98. The zero-order valence-electron chi connectivity index (χ0n) is 12.2. The zero-order valence-corrected chi connectivity index (χ0v) is 13.0. The topological polar surface area (TPSA) is 68.5 Å². The van der Waals surface area contributed by atoms with Gasteiger partial charge in [0.25, 0.3) is 11.1 Å². The molecule has 0 aliphatic carbocycles. The number of hydrogen-bond donors (Lipinski definition) is 0.